The highest BCUT2D eigenvalue weighted by Gasteiger charge is 2.44. The molecule has 1 aliphatic heterocycles. The van der Waals surface area contributed by atoms with E-state index in [9.17, 15) is 4.79 Å². The van der Waals surface area contributed by atoms with E-state index in [1.54, 1.807) is 0 Å². The van der Waals surface area contributed by atoms with Crippen molar-refractivity contribution in [2.75, 3.05) is 0 Å². The van der Waals surface area contributed by atoms with Gasteiger partial charge in [-0.05, 0) is 23.6 Å². The van der Waals surface area contributed by atoms with Gasteiger partial charge in [0.15, 0.2) is 0 Å². The lowest BCUT2D eigenvalue weighted by Crippen LogP contribution is -2.35. The zero-order valence-electron chi connectivity index (χ0n) is 15.8. The van der Waals surface area contributed by atoms with Crippen LogP contribution in [0.2, 0.25) is 0 Å². The molecule has 0 bridgehead atoms. The number of rotatable bonds is 5. The SMILES string of the molecule is CC(C)CC(=O)CC1(c2ccccc2)c2ccccc2Oc2ccccc21. The number of benzene rings is 3. The zero-order valence-corrected chi connectivity index (χ0v) is 15.8. The molecule has 1 aliphatic rings. The van der Waals surface area contributed by atoms with E-state index in [1.165, 1.54) is 0 Å². The molecule has 0 unspecified atom stereocenters. The first-order valence-electron chi connectivity index (χ1n) is 9.55. The average molecular weight is 356 g/mol. The minimum absolute atomic E-state index is 0.278. The Morgan fingerprint density at radius 3 is 1.89 bits per heavy atom. The fraction of sp³-hybridized carbons (Fsp3) is 0.240. The van der Waals surface area contributed by atoms with Crippen molar-refractivity contribution in [2.24, 2.45) is 5.92 Å². The number of hydrogen-bond donors (Lipinski definition) is 0. The largest absolute Gasteiger partial charge is 0.457 e. The number of para-hydroxylation sites is 2. The first kappa shape index (κ1) is 17.5. The number of carbonyl (C=O) groups is 1. The Morgan fingerprint density at radius 2 is 1.33 bits per heavy atom. The molecule has 0 radical (unpaired) electrons. The molecule has 2 heteroatoms. The van der Waals surface area contributed by atoms with E-state index >= 15 is 0 Å². The Morgan fingerprint density at radius 1 is 0.815 bits per heavy atom. The summed E-state index contributed by atoms with van der Waals surface area (Å²) in [4.78, 5) is 13.1. The molecule has 3 aromatic rings. The molecule has 3 aromatic carbocycles. The van der Waals surface area contributed by atoms with Crippen molar-refractivity contribution in [3.05, 3.63) is 95.6 Å². The maximum atomic E-state index is 13.1. The van der Waals surface area contributed by atoms with E-state index in [1.807, 2.05) is 54.6 Å². The molecule has 0 aromatic heterocycles. The Hall–Kier alpha value is -2.87. The lowest BCUT2D eigenvalue weighted by molar-refractivity contribution is -0.120. The minimum atomic E-state index is -0.529. The molecule has 0 fully saturated rings. The summed E-state index contributed by atoms with van der Waals surface area (Å²) in [5.41, 5.74) is 2.72. The first-order chi connectivity index (χ1) is 13.1. The minimum Gasteiger partial charge on any atom is -0.457 e. The van der Waals surface area contributed by atoms with Crippen LogP contribution < -0.4 is 4.74 Å². The number of Topliss-reactive ketones (excluding diaryl/α,β-unsaturated/α-hetero) is 1. The summed E-state index contributed by atoms with van der Waals surface area (Å²) in [5.74, 6) is 2.28. The standard InChI is InChI=1S/C25H24O2/c1-18(2)16-20(26)17-25(19-10-4-3-5-11-19)21-12-6-8-14-23(21)27-24-15-9-7-13-22(24)25/h3-15,18H,16-17H2,1-2H3. The second kappa shape index (κ2) is 7.03. The van der Waals surface area contributed by atoms with Crippen molar-refractivity contribution in [1.82, 2.24) is 0 Å². The van der Waals surface area contributed by atoms with Crippen LogP contribution in [0.5, 0.6) is 11.5 Å². The van der Waals surface area contributed by atoms with Crippen molar-refractivity contribution in [3.8, 4) is 11.5 Å². The third-order valence-electron chi connectivity index (χ3n) is 5.28. The van der Waals surface area contributed by atoms with Gasteiger partial charge in [0.2, 0.25) is 0 Å². The quantitative estimate of drug-likeness (QED) is 0.549. The molecule has 1 heterocycles. The zero-order chi connectivity index (χ0) is 18.9. The van der Waals surface area contributed by atoms with Crippen LogP contribution in [0, 0.1) is 5.92 Å². The normalized spacial score (nSPS) is 14.2. The molecule has 0 saturated heterocycles. The number of fused-ring (bicyclic) bond motifs is 2. The number of carbonyl (C=O) groups excluding carboxylic acids is 1. The Balaban J connectivity index is 1.99. The van der Waals surface area contributed by atoms with Gasteiger partial charge in [0, 0.05) is 24.0 Å². The predicted octanol–water partition coefficient (Wildman–Crippen LogP) is 6.13. The van der Waals surface area contributed by atoms with Crippen LogP contribution in [-0.2, 0) is 10.2 Å². The van der Waals surface area contributed by atoms with Gasteiger partial charge in [0.05, 0.1) is 5.41 Å². The van der Waals surface area contributed by atoms with Gasteiger partial charge in [-0.25, -0.2) is 0 Å². The van der Waals surface area contributed by atoms with E-state index in [-0.39, 0.29) is 5.78 Å². The summed E-state index contributed by atoms with van der Waals surface area (Å²) in [6, 6.07) is 26.6. The summed E-state index contributed by atoms with van der Waals surface area (Å²) in [6.07, 6.45) is 1.02. The van der Waals surface area contributed by atoms with Crippen LogP contribution >= 0.6 is 0 Å². The predicted molar refractivity (Wildman–Crippen MR) is 108 cm³/mol. The summed E-state index contributed by atoms with van der Waals surface area (Å²) in [6.45, 7) is 4.19. The van der Waals surface area contributed by atoms with Crippen LogP contribution in [0.1, 0.15) is 43.4 Å². The molecular formula is C25H24O2. The number of ether oxygens (including phenoxy) is 1. The molecule has 0 aliphatic carbocycles. The highest BCUT2D eigenvalue weighted by atomic mass is 16.5. The molecule has 2 nitrogen and oxygen atoms in total. The molecule has 0 saturated carbocycles. The third kappa shape index (κ3) is 3.06. The maximum Gasteiger partial charge on any atom is 0.134 e. The van der Waals surface area contributed by atoms with Gasteiger partial charge in [0.25, 0.3) is 0 Å². The molecular weight excluding hydrogens is 332 g/mol. The lowest BCUT2D eigenvalue weighted by Gasteiger charge is -2.40. The Labute approximate surface area is 160 Å². The molecule has 136 valence electrons. The van der Waals surface area contributed by atoms with E-state index in [0.29, 0.717) is 18.8 Å². The lowest BCUT2D eigenvalue weighted by atomic mass is 9.64. The Kier molecular flexibility index (Phi) is 4.57. The molecule has 4 rings (SSSR count). The second-order valence-electron chi connectivity index (χ2n) is 7.68. The van der Waals surface area contributed by atoms with Crippen molar-refractivity contribution in [3.63, 3.8) is 0 Å². The van der Waals surface area contributed by atoms with Crippen LogP contribution in [0.4, 0.5) is 0 Å². The molecule has 0 amide bonds. The van der Waals surface area contributed by atoms with Gasteiger partial charge in [-0.3, -0.25) is 4.79 Å². The van der Waals surface area contributed by atoms with Gasteiger partial charge in [-0.15, -0.1) is 0 Å². The monoisotopic (exact) mass is 356 g/mol. The fourth-order valence-electron chi connectivity index (χ4n) is 4.23. The van der Waals surface area contributed by atoms with Gasteiger partial charge in [0.1, 0.15) is 17.3 Å². The van der Waals surface area contributed by atoms with Crippen molar-refractivity contribution in [2.45, 2.75) is 32.1 Å². The maximum absolute atomic E-state index is 13.1. The molecule has 27 heavy (non-hydrogen) atoms. The summed E-state index contributed by atoms with van der Waals surface area (Å²) >= 11 is 0. The van der Waals surface area contributed by atoms with E-state index < -0.39 is 5.41 Å². The van der Waals surface area contributed by atoms with Crippen LogP contribution in [0.15, 0.2) is 78.9 Å². The second-order valence-corrected chi connectivity index (χ2v) is 7.68. The van der Waals surface area contributed by atoms with E-state index in [2.05, 4.69) is 38.1 Å². The highest BCUT2D eigenvalue weighted by molar-refractivity contribution is 5.83. The van der Waals surface area contributed by atoms with Crippen LogP contribution in [-0.4, -0.2) is 5.78 Å². The number of ketones is 1. The smallest absolute Gasteiger partial charge is 0.134 e. The van der Waals surface area contributed by atoms with E-state index in [0.717, 1.165) is 28.2 Å². The van der Waals surface area contributed by atoms with Crippen LogP contribution in [0.3, 0.4) is 0 Å². The average Bonchev–Trinajstić information content (AvgIpc) is 2.68. The van der Waals surface area contributed by atoms with Gasteiger partial charge >= 0.3 is 0 Å². The van der Waals surface area contributed by atoms with Crippen LogP contribution in [0.25, 0.3) is 0 Å². The fourth-order valence-corrected chi connectivity index (χ4v) is 4.23. The number of hydrogen-bond acceptors (Lipinski definition) is 2. The van der Waals surface area contributed by atoms with Crippen molar-refractivity contribution >= 4 is 5.78 Å². The highest BCUT2D eigenvalue weighted by Crippen LogP contribution is 2.53. The van der Waals surface area contributed by atoms with E-state index in [4.69, 9.17) is 4.74 Å². The summed E-state index contributed by atoms with van der Waals surface area (Å²) in [7, 11) is 0. The summed E-state index contributed by atoms with van der Waals surface area (Å²) < 4.78 is 6.21. The molecule has 0 spiro atoms. The van der Waals surface area contributed by atoms with Gasteiger partial charge in [-0.1, -0.05) is 80.6 Å². The van der Waals surface area contributed by atoms with Crippen molar-refractivity contribution in [1.29, 1.82) is 0 Å². The van der Waals surface area contributed by atoms with Gasteiger partial charge in [-0.2, -0.15) is 0 Å². The third-order valence-corrected chi connectivity index (χ3v) is 5.28. The van der Waals surface area contributed by atoms with Crippen molar-refractivity contribution < 1.29 is 9.53 Å². The topological polar surface area (TPSA) is 26.3 Å². The molecule has 0 N–H and O–H groups in total. The molecule has 0 atom stereocenters. The van der Waals surface area contributed by atoms with Gasteiger partial charge < -0.3 is 4.74 Å². The first-order valence-corrected chi connectivity index (χ1v) is 9.55. The summed E-state index contributed by atoms with van der Waals surface area (Å²) in [5, 5.41) is 0. The Bertz CT molecular complexity index is 911.